The van der Waals surface area contributed by atoms with Crippen molar-refractivity contribution in [1.29, 1.82) is 0 Å². The van der Waals surface area contributed by atoms with Gasteiger partial charge in [-0.05, 0) is 60.2 Å². The van der Waals surface area contributed by atoms with Crippen LogP contribution in [0.15, 0.2) is 138 Å². The summed E-state index contributed by atoms with van der Waals surface area (Å²) in [4.78, 5) is 52.4. The minimum absolute atomic E-state index is 0.129. The zero-order chi connectivity index (χ0) is 35.5. The fraction of sp³-hybridized carbons (Fsp3) is 0.0789. The Bertz CT molecular complexity index is 2040. The van der Waals surface area contributed by atoms with Gasteiger partial charge in [0.1, 0.15) is 22.4 Å². The second-order valence-electron chi connectivity index (χ2n) is 10.6. The van der Waals surface area contributed by atoms with Gasteiger partial charge in [-0.15, -0.1) is 11.8 Å². The number of hydrogen-bond acceptors (Lipinski definition) is 8. The third kappa shape index (κ3) is 8.94. The van der Waals surface area contributed by atoms with E-state index < -0.39 is 22.0 Å². The van der Waals surface area contributed by atoms with Crippen LogP contribution in [0, 0.1) is 10.1 Å². The molecule has 11 nitrogen and oxygen atoms in total. The highest BCUT2D eigenvalue weighted by atomic mass is 32.2. The molecule has 5 aromatic carbocycles. The van der Waals surface area contributed by atoms with Crippen LogP contribution in [0.5, 0.6) is 11.5 Å². The molecule has 0 aliphatic carbocycles. The van der Waals surface area contributed by atoms with Gasteiger partial charge in [-0.25, -0.2) is 0 Å². The van der Waals surface area contributed by atoms with Gasteiger partial charge >= 0.3 is 0 Å². The number of amides is 3. The Morgan fingerprint density at radius 3 is 2.18 bits per heavy atom. The summed E-state index contributed by atoms with van der Waals surface area (Å²) in [5, 5.41) is 19.3. The first-order valence-corrected chi connectivity index (χ1v) is 16.1. The number of nitrogens with one attached hydrogen (secondary N) is 3. The second kappa shape index (κ2) is 16.6. The van der Waals surface area contributed by atoms with Crippen LogP contribution in [0.1, 0.15) is 26.7 Å². The Balaban J connectivity index is 1.42. The van der Waals surface area contributed by atoms with Gasteiger partial charge in [-0.2, -0.15) is 0 Å². The Morgan fingerprint density at radius 1 is 0.780 bits per heavy atom. The molecule has 0 saturated heterocycles. The van der Waals surface area contributed by atoms with Crippen molar-refractivity contribution in [3.63, 3.8) is 0 Å². The highest BCUT2D eigenvalue weighted by molar-refractivity contribution is 8.00. The molecule has 252 valence electrons. The lowest BCUT2D eigenvalue weighted by Crippen LogP contribution is -2.30. The average molecular weight is 689 g/mol. The summed E-state index contributed by atoms with van der Waals surface area (Å²) in [7, 11) is 3.04. The van der Waals surface area contributed by atoms with Gasteiger partial charge in [-0.1, -0.05) is 66.7 Å². The van der Waals surface area contributed by atoms with Crippen molar-refractivity contribution >= 4 is 52.6 Å². The van der Waals surface area contributed by atoms with E-state index in [0.717, 1.165) is 5.56 Å². The third-order valence-electron chi connectivity index (χ3n) is 7.31. The number of ether oxygens (including phenoxy) is 2. The minimum atomic E-state index is -0.711. The van der Waals surface area contributed by atoms with Crippen molar-refractivity contribution in [2.75, 3.05) is 24.9 Å². The highest BCUT2D eigenvalue weighted by Gasteiger charge is 2.24. The van der Waals surface area contributed by atoms with Gasteiger partial charge in [0.2, 0.25) is 5.91 Å². The number of para-hydroxylation sites is 1. The fourth-order valence-electron chi connectivity index (χ4n) is 4.87. The van der Waals surface area contributed by atoms with Crippen LogP contribution in [0.4, 0.5) is 17.1 Å². The lowest BCUT2D eigenvalue weighted by molar-refractivity contribution is -0.385. The zero-order valence-corrected chi connectivity index (χ0v) is 27.8. The molecule has 0 fully saturated rings. The average Bonchev–Trinajstić information content (AvgIpc) is 3.14. The summed E-state index contributed by atoms with van der Waals surface area (Å²) >= 11 is 1.26. The quantitative estimate of drug-likeness (QED) is 0.0499. The van der Waals surface area contributed by atoms with Gasteiger partial charge in [0.25, 0.3) is 17.5 Å². The third-order valence-corrected chi connectivity index (χ3v) is 8.56. The Kier molecular flexibility index (Phi) is 11.6. The molecule has 3 N–H and O–H groups in total. The number of carbonyl (C=O) groups excluding carboxylic acids is 3. The first-order valence-electron chi connectivity index (χ1n) is 15.2. The molecule has 0 aliphatic heterocycles. The highest BCUT2D eigenvalue weighted by Crippen LogP contribution is 2.38. The van der Waals surface area contributed by atoms with Crippen LogP contribution >= 0.6 is 11.8 Å². The molecule has 1 unspecified atom stereocenters. The van der Waals surface area contributed by atoms with Gasteiger partial charge in [0.05, 0.1) is 30.4 Å². The molecule has 12 heteroatoms. The smallest absolute Gasteiger partial charge is 0.276 e. The maximum Gasteiger partial charge on any atom is 0.276 e. The van der Waals surface area contributed by atoms with E-state index in [1.54, 1.807) is 78.9 Å². The largest absolute Gasteiger partial charge is 0.497 e. The number of benzene rings is 5. The molecule has 3 amide bonds. The van der Waals surface area contributed by atoms with Crippen LogP contribution in [0.3, 0.4) is 0 Å². The molecule has 5 aromatic rings. The number of methoxy groups -OCH3 is 2. The number of thioether (sulfide) groups is 1. The molecule has 0 aliphatic rings. The summed E-state index contributed by atoms with van der Waals surface area (Å²) in [5.41, 5.74) is 1.53. The number of nitrogens with zero attached hydrogens (tertiary/aromatic N) is 1. The molecular formula is C38H32N4O7S. The van der Waals surface area contributed by atoms with Crippen LogP contribution in [0.2, 0.25) is 0 Å². The van der Waals surface area contributed by atoms with E-state index in [4.69, 9.17) is 9.47 Å². The molecule has 0 bridgehead atoms. The summed E-state index contributed by atoms with van der Waals surface area (Å²) in [5.74, 6) is -0.592. The Hall–Kier alpha value is -6.40. The zero-order valence-electron chi connectivity index (χ0n) is 27.0. The number of rotatable bonds is 13. The number of carbonyl (C=O) groups is 3. The van der Waals surface area contributed by atoms with E-state index in [0.29, 0.717) is 33.3 Å². The van der Waals surface area contributed by atoms with E-state index in [2.05, 4.69) is 16.0 Å². The van der Waals surface area contributed by atoms with Crippen molar-refractivity contribution in [3.8, 4) is 11.5 Å². The molecule has 0 spiro atoms. The van der Waals surface area contributed by atoms with Crippen molar-refractivity contribution < 1.29 is 28.8 Å². The molecule has 50 heavy (non-hydrogen) atoms. The number of hydrogen-bond donors (Lipinski definition) is 3. The van der Waals surface area contributed by atoms with Gasteiger partial charge < -0.3 is 25.4 Å². The van der Waals surface area contributed by atoms with E-state index >= 15 is 0 Å². The summed E-state index contributed by atoms with van der Waals surface area (Å²) < 4.78 is 10.8. The van der Waals surface area contributed by atoms with Crippen LogP contribution < -0.4 is 25.4 Å². The Labute approximate surface area is 292 Å². The van der Waals surface area contributed by atoms with Crippen molar-refractivity contribution in [1.82, 2.24) is 5.32 Å². The molecule has 1 atom stereocenters. The van der Waals surface area contributed by atoms with Crippen LogP contribution in [0.25, 0.3) is 6.08 Å². The second-order valence-corrected chi connectivity index (χ2v) is 11.8. The summed E-state index contributed by atoms with van der Waals surface area (Å²) in [6.45, 7) is 0. The molecule has 0 heterocycles. The first kappa shape index (κ1) is 34.9. The van der Waals surface area contributed by atoms with Crippen LogP contribution in [-0.4, -0.2) is 36.9 Å². The van der Waals surface area contributed by atoms with E-state index in [-0.39, 0.29) is 22.9 Å². The van der Waals surface area contributed by atoms with Crippen molar-refractivity contribution in [2.24, 2.45) is 0 Å². The monoisotopic (exact) mass is 688 g/mol. The molecule has 0 aromatic heterocycles. The number of nitro benzene ring substituents is 1. The first-order chi connectivity index (χ1) is 24.2. The maximum absolute atomic E-state index is 13.8. The van der Waals surface area contributed by atoms with Gasteiger partial charge in [-0.3, -0.25) is 24.5 Å². The van der Waals surface area contributed by atoms with Crippen molar-refractivity contribution in [3.05, 3.63) is 160 Å². The summed E-state index contributed by atoms with van der Waals surface area (Å²) in [6.07, 6.45) is 1.26. The molecular weight excluding hydrogens is 657 g/mol. The van der Waals surface area contributed by atoms with Crippen molar-refractivity contribution in [2.45, 2.75) is 10.1 Å². The topological polar surface area (TPSA) is 149 Å². The Morgan fingerprint density at radius 2 is 1.48 bits per heavy atom. The van der Waals surface area contributed by atoms with Gasteiger partial charge in [0.15, 0.2) is 0 Å². The predicted octanol–water partition coefficient (Wildman–Crippen LogP) is 7.49. The maximum atomic E-state index is 13.8. The molecule has 0 saturated carbocycles. The minimum Gasteiger partial charge on any atom is -0.497 e. The fourth-order valence-corrected chi connectivity index (χ4v) is 5.95. The normalized spacial score (nSPS) is 11.5. The van der Waals surface area contributed by atoms with E-state index in [9.17, 15) is 24.5 Å². The lowest BCUT2D eigenvalue weighted by atomic mass is 10.1. The summed E-state index contributed by atoms with van der Waals surface area (Å²) in [6, 6.07) is 35.4. The number of nitro groups is 1. The van der Waals surface area contributed by atoms with Gasteiger partial charge in [0, 0.05) is 28.3 Å². The van der Waals surface area contributed by atoms with Crippen LogP contribution in [-0.2, 0) is 9.59 Å². The SMILES string of the molecule is COc1ccc(OC)c(NC(=O)C(Sc2cccc(NC(=O)/C(=C\c3ccccc3[N+](=O)[O-])NC(=O)c3ccccc3)c2)c2ccccc2)c1. The lowest BCUT2D eigenvalue weighted by Gasteiger charge is -2.19. The molecule has 0 radical (unpaired) electrons. The standard InChI is InChI=1S/C38H32N4O7S/c1-48-29-20-21-34(49-2)31(24-29)40-38(45)35(25-12-5-3-6-13-25)50-30-18-11-17-28(23-30)39-37(44)32(41-36(43)26-14-7-4-8-15-26)22-27-16-9-10-19-33(27)42(46)47/h3-24,35H,1-2H3,(H,39,44)(H,40,45)(H,41,43)/b32-22+. The predicted molar refractivity (Wildman–Crippen MR) is 193 cm³/mol. The molecule has 5 rings (SSSR count). The number of anilines is 2. The van der Waals surface area contributed by atoms with E-state index in [1.165, 1.54) is 50.3 Å². The van der Waals surface area contributed by atoms with E-state index in [1.807, 2.05) is 30.3 Å².